The van der Waals surface area contributed by atoms with Crippen LogP contribution in [0.2, 0.25) is 0 Å². The number of hydrogen-bond donors (Lipinski definition) is 1. The Morgan fingerprint density at radius 1 is 1.29 bits per heavy atom. The number of carbonyl (C=O) groups is 1. The summed E-state index contributed by atoms with van der Waals surface area (Å²) in [6.07, 6.45) is 2.60. The van der Waals surface area contributed by atoms with E-state index in [2.05, 4.69) is 15.4 Å². The van der Waals surface area contributed by atoms with Crippen molar-refractivity contribution in [3.05, 3.63) is 17.0 Å². The van der Waals surface area contributed by atoms with Gasteiger partial charge in [-0.05, 0) is 38.2 Å². The van der Waals surface area contributed by atoms with Crippen LogP contribution in [0.1, 0.15) is 29.9 Å². The molecule has 24 heavy (non-hydrogen) atoms. The molecule has 7 heteroatoms. The first-order valence-corrected chi connectivity index (χ1v) is 9.85. The van der Waals surface area contributed by atoms with E-state index in [1.807, 2.05) is 25.6 Å². The molecule has 2 aliphatic heterocycles. The van der Waals surface area contributed by atoms with Crippen molar-refractivity contribution < 1.29 is 14.1 Å². The van der Waals surface area contributed by atoms with Crippen molar-refractivity contribution in [2.45, 2.75) is 38.6 Å². The second-order valence-corrected chi connectivity index (χ2v) is 7.92. The Balaban J connectivity index is 1.61. The van der Waals surface area contributed by atoms with Crippen LogP contribution in [0.15, 0.2) is 4.52 Å². The van der Waals surface area contributed by atoms with Gasteiger partial charge >= 0.3 is 0 Å². The van der Waals surface area contributed by atoms with Crippen LogP contribution >= 0.6 is 11.8 Å². The number of ether oxygens (including phenoxy) is 1. The first-order valence-electron chi connectivity index (χ1n) is 8.70. The zero-order chi connectivity index (χ0) is 17.0. The Morgan fingerprint density at radius 2 is 2.00 bits per heavy atom. The predicted octanol–water partition coefficient (Wildman–Crippen LogP) is 1.55. The van der Waals surface area contributed by atoms with Crippen LogP contribution in [0.25, 0.3) is 0 Å². The molecular weight excluding hydrogens is 326 g/mol. The number of aryl methyl sites for hydroxylation is 2. The fourth-order valence-electron chi connectivity index (χ4n) is 3.63. The van der Waals surface area contributed by atoms with Crippen molar-refractivity contribution in [1.29, 1.82) is 0 Å². The second kappa shape index (κ2) is 7.89. The summed E-state index contributed by atoms with van der Waals surface area (Å²) in [5.41, 5.74) is 1.80. The number of amides is 1. The second-order valence-electron chi connectivity index (χ2n) is 6.69. The molecule has 0 saturated carbocycles. The largest absolute Gasteiger partial charge is 0.379 e. The van der Waals surface area contributed by atoms with Gasteiger partial charge in [0.15, 0.2) is 0 Å². The van der Waals surface area contributed by atoms with E-state index in [1.54, 1.807) is 0 Å². The lowest BCUT2D eigenvalue weighted by Crippen LogP contribution is -2.60. The minimum Gasteiger partial charge on any atom is -0.379 e. The lowest BCUT2D eigenvalue weighted by molar-refractivity contribution is -0.121. The summed E-state index contributed by atoms with van der Waals surface area (Å²) in [6, 6.07) is 0. The smallest absolute Gasteiger partial charge is 0.224 e. The molecule has 0 bridgehead atoms. The first kappa shape index (κ1) is 17.8. The summed E-state index contributed by atoms with van der Waals surface area (Å²) < 4.78 is 10.7. The lowest BCUT2D eigenvalue weighted by atomic mass is 9.89. The minimum absolute atomic E-state index is 0.0512. The van der Waals surface area contributed by atoms with Gasteiger partial charge in [0.2, 0.25) is 5.91 Å². The molecular formula is C17H27N3O3S. The van der Waals surface area contributed by atoms with Crippen molar-refractivity contribution in [2.75, 3.05) is 44.4 Å². The minimum atomic E-state index is 0.0512. The normalized spacial score (nSPS) is 21.6. The number of rotatable bonds is 5. The van der Waals surface area contributed by atoms with Crippen LogP contribution in [0, 0.1) is 13.8 Å². The van der Waals surface area contributed by atoms with E-state index in [4.69, 9.17) is 9.26 Å². The first-order chi connectivity index (χ1) is 11.6. The van der Waals surface area contributed by atoms with Gasteiger partial charge < -0.3 is 14.6 Å². The van der Waals surface area contributed by atoms with Crippen LogP contribution < -0.4 is 5.32 Å². The van der Waals surface area contributed by atoms with Gasteiger partial charge in [-0.3, -0.25) is 9.69 Å². The Bertz CT molecular complexity index is 544. The molecule has 2 aliphatic rings. The van der Waals surface area contributed by atoms with Gasteiger partial charge in [0.05, 0.1) is 25.3 Å². The summed E-state index contributed by atoms with van der Waals surface area (Å²) in [5.74, 6) is 3.11. The molecule has 0 spiro atoms. The van der Waals surface area contributed by atoms with Crippen LogP contribution in [0.5, 0.6) is 0 Å². The zero-order valence-corrected chi connectivity index (χ0v) is 15.4. The van der Waals surface area contributed by atoms with Gasteiger partial charge in [0, 0.05) is 30.7 Å². The molecule has 3 rings (SSSR count). The van der Waals surface area contributed by atoms with Gasteiger partial charge in [0.1, 0.15) is 5.76 Å². The maximum atomic E-state index is 12.5. The van der Waals surface area contributed by atoms with Crippen LogP contribution in [-0.2, 0) is 16.0 Å². The molecule has 1 amide bonds. The number of nitrogens with one attached hydrogen (secondary N) is 1. The highest BCUT2D eigenvalue weighted by Crippen LogP contribution is 2.32. The lowest BCUT2D eigenvalue weighted by Gasteiger charge is -2.48. The fraction of sp³-hybridized carbons (Fsp3) is 0.765. The highest BCUT2D eigenvalue weighted by molar-refractivity contribution is 7.99. The van der Waals surface area contributed by atoms with Crippen molar-refractivity contribution >= 4 is 17.7 Å². The van der Waals surface area contributed by atoms with Gasteiger partial charge in [-0.1, -0.05) is 5.16 Å². The molecule has 6 nitrogen and oxygen atoms in total. The van der Waals surface area contributed by atoms with Crippen LogP contribution in [0.4, 0.5) is 0 Å². The monoisotopic (exact) mass is 353 g/mol. The van der Waals surface area contributed by atoms with Crippen molar-refractivity contribution in [3.8, 4) is 0 Å². The van der Waals surface area contributed by atoms with E-state index in [9.17, 15) is 4.79 Å². The summed E-state index contributed by atoms with van der Waals surface area (Å²) in [7, 11) is 0. The molecule has 0 aromatic carbocycles. The van der Waals surface area contributed by atoms with E-state index >= 15 is 0 Å². The Kier molecular flexibility index (Phi) is 5.84. The number of thioether (sulfide) groups is 1. The van der Waals surface area contributed by atoms with Gasteiger partial charge in [-0.15, -0.1) is 0 Å². The van der Waals surface area contributed by atoms with E-state index < -0.39 is 0 Å². The molecule has 1 aromatic rings. The molecule has 134 valence electrons. The zero-order valence-electron chi connectivity index (χ0n) is 14.6. The van der Waals surface area contributed by atoms with Crippen LogP contribution in [-0.4, -0.2) is 65.9 Å². The average molecular weight is 353 g/mol. The van der Waals surface area contributed by atoms with Gasteiger partial charge in [-0.25, -0.2) is 0 Å². The molecule has 0 radical (unpaired) electrons. The third kappa shape index (κ3) is 3.95. The summed E-state index contributed by atoms with van der Waals surface area (Å²) in [6.45, 7) is 7.97. The topological polar surface area (TPSA) is 67.6 Å². The summed E-state index contributed by atoms with van der Waals surface area (Å²) in [5, 5.41) is 7.11. The number of morpholine rings is 1. The SMILES string of the molecule is Cc1noc(C)c1CC(=O)NCC1(N2CCOCC2)CCSCC1. The maximum Gasteiger partial charge on any atom is 0.224 e. The number of hydrogen-bond acceptors (Lipinski definition) is 6. The maximum absolute atomic E-state index is 12.5. The van der Waals surface area contributed by atoms with Crippen LogP contribution in [0.3, 0.4) is 0 Å². The molecule has 1 aromatic heterocycles. The number of carbonyl (C=O) groups excluding carboxylic acids is 1. The standard InChI is InChI=1S/C17H27N3O3S/c1-13-15(14(2)23-19-13)11-16(21)18-12-17(3-9-24-10-4-17)20-5-7-22-8-6-20/h3-12H2,1-2H3,(H,18,21). The fourth-order valence-corrected chi connectivity index (χ4v) is 4.89. The number of aromatic nitrogens is 1. The molecule has 0 unspecified atom stereocenters. The summed E-state index contributed by atoms with van der Waals surface area (Å²) in [4.78, 5) is 15.0. The Morgan fingerprint density at radius 3 is 2.62 bits per heavy atom. The third-order valence-electron chi connectivity index (χ3n) is 5.24. The van der Waals surface area contributed by atoms with E-state index in [0.29, 0.717) is 6.42 Å². The highest BCUT2D eigenvalue weighted by atomic mass is 32.2. The van der Waals surface area contributed by atoms with E-state index in [-0.39, 0.29) is 11.4 Å². The van der Waals surface area contributed by atoms with Crippen molar-refractivity contribution in [3.63, 3.8) is 0 Å². The van der Waals surface area contributed by atoms with Crippen molar-refractivity contribution in [2.24, 2.45) is 0 Å². The van der Waals surface area contributed by atoms with Crippen molar-refractivity contribution in [1.82, 2.24) is 15.4 Å². The van der Waals surface area contributed by atoms with E-state index in [1.165, 1.54) is 0 Å². The van der Waals surface area contributed by atoms with Gasteiger partial charge in [-0.2, -0.15) is 11.8 Å². The molecule has 0 atom stereocenters. The molecule has 2 fully saturated rings. The van der Waals surface area contributed by atoms with E-state index in [0.717, 1.165) is 74.2 Å². The Hall–Kier alpha value is -1.05. The Labute approximate surface area is 147 Å². The molecule has 3 heterocycles. The average Bonchev–Trinajstić information content (AvgIpc) is 2.93. The third-order valence-corrected chi connectivity index (χ3v) is 6.22. The number of nitrogens with zero attached hydrogens (tertiary/aromatic N) is 2. The summed E-state index contributed by atoms with van der Waals surface area (Å²) >= 11 is 2.01. The quantitative estimate of drug-likeness (QED) is 0.866. The molecule has 2 saturated heterocycles. The molecule has 1 N–H and O–H groups in total. The predicted molar refractivity (Wildman–Crippen MR) is 94.4 cm³/mol. The van der Waals surface area contributed by atoms with Gasteiger partial charge in [0.25, 0.3) is 0 Å². The molecule has 0 aliphatic carbocycles. The highest BCUT2D eigenvalue weighted by Gasteiger charge is 2.39.